The van der Waals surface area contributed by atoms with Crippen LogP contribution in [-0.4, -0.2) is 15.3 Å². The van der Waals surface area contributed by atoms with E-state index >= 15 is 0 Å². The van der Waals surface area contributed by atoms with Crippen molar-refractivity contribution in [3.8, 4) is 5.75 Å². The number of hydrogen-bond donors (Lipinski definition) is 3. The first-order chi connectivity index (χ1) is 8.66. The van der Waals surface area contributed by atoms with Crippen LogP contribution in [-0.2, 0) is 0 Å². The average molecular weight is 244 g/mol. The zero-order valence-corrected chi connectivity index (χ0v) is 9.90. The molecule has 2 aromatic rings. The fourth-order valence-electron chi connectivity index (χ4n) is 1.89. The lowest BCUT2D eigenvalue weighted by Gasteiger charge is -2.16. The second kappa shape index (κ2) is 5.67. The van der Waals surface area contributed by atoms with Crippen molar-refractivity contribution in [1.82, 2.24) is 0 Å². The minimum Gasteiger partial charge on any atom is -0.508 e. The van der Waals surface area contributed by atoms with Crippen molar-refractivity contribution in [3.05, 3.63) is 65.7 Å². The number of aliphatic hydroxyl groups is 2. The van der Waals surface area contributed by atoms with Gasteiger partial charge in [-0.2, -0.15) is 0 Å². The maximum atomic E-state index is 10.0. The smallest absolute Gasteiger partial charge is 0.115 e. The maximum absolute atomic E-state index is 10.0. The Balaban J connectivity index is 2.05. The third-order valence-corrected chi connectivity index (χ3v) is 2.89. The topological polar surface area (TPSA) is 60.7 Å². The molecule has 18 heavy (non-hydrogen) atoms. The van der Waals surface area contributed by atoms with E-state index in [9.17, 15) is 15.3 Å². The van der Waals surface area contributed by atoms with Crippen LogP contribution in [0.4, 0.5) is 0 Å². The standard InChI is InChI=1S/C15H16O3/c16-13-8-4-7-12(9-13)15(18)10-14(17)11-5-2-1-3-6-11/h1-9,14-18H,10H2. The van der Waals surface area contributed by atoms with Gasteiger partial charge in [-0.1, -0.05) is 42.5 Å². The highest BCUT2D eigenvalue weighted by molar-refractivity contribution is 5.29. The van der Waals surface area contributed by atoms with Gasteiger partial charge in [-0.3, -0.25) is 0 Å². The molecular formula is C15H16O3. The van der Waals surface area contributed by atoms with Crippen molar-refractivity contribution in [2.75, 3.05) is 0 Å². The Kier molecular flexibility index (Phi) is 3.97. The number of rotatable bonds is 4. The van der Waals surface area contributed by atoms with Gasteiger partial charge in [0.25, 0.3) is 0 Å². The van der Waals surface area contributed by atoms with Crippen LogP contribution in [0, 0.1) is 0 Å². The van der Waals surface area contributed by atoms with E-state index in [2.05, 4.69) is 0 Å². The molecule has 3 N–H and O–H groups in total. The predicted molar refractivity (Wildman–Crippen MR) is 69.1 cm³/mol. The maximum Gasteiger partial charge on any atom is 0.115 e. The van der Waals surface area contributed by atoms with Crippen LogP contribution in [0.5, 0.6) is 5.75 Å². The normalized spacial score (nSPS) is 14.1. The van der Waals surface area contributed by atoms with E-state index in [4.69, 9.17) is 0 Å². The molecule has 0 aromatic heterocycles. The van der Waals surface area contributed by atoms with E-state index < -0.39 is 12.2 Å². The fraction of sp³-hybridized carbons (Fsp3) is 0.200. The van der Waals surface area contributed by atoms with Crippen molar-refractivity contribution in [2.45, 2.75) is 18.6 Å². The summed E-state index contributed by atoms with van der Waals surface area (Å²) in [5, 5.41) is 29.3. The van der Waals surface area contributed by atoms with Crippen LogP contribution in [0.2, 0.25) is 0 Å². The Morgan fingerprint density at radius 3 is 2.06 bits per heavy atom. The Labute approximate surface area is 106 Å². The Morgan fingerprint density at radius 2 is 1.39 bits per heavy atom. The average Bonchev–Trinajstić information content (AvgIpc) is 2.39. The molecule has 2 rings (SSSR count). The molecule has 3 nitrogen and oxygen atoms in total. The van der Waals surface area contributed by atoms with Gasteiger partial charge >= 0.3 is 0 Å². The van der Waals surface area contributed by atoms with E-state index in [1.54, 1.807) is 18.2 Å². The molecule has 2 unspecified atom stereocenters. The number of aromatic hydroxyl groups is 1. The summed E-state index contributed by atoms with van der Waals surface area (Å²) in [6.07, 6.45) is -1.32. The van der Waals surface area contributed by atoms with Gasteiger partial charge in [-0.05, 0) is 23.3 Å². The van der Waals surface area contributed by atoms with Crippen molar-refractivity contribution in [2.24, 2.45) is 0 Å². The highest BCUT2D eigenvalue weighted by Gasteiger charge is 2.15. The van der Waals surface area contributed by atoms with Crippen molar-refractivity contribution in [3.63, 3.8) is 0 Å². The molecule has 94 valence electrons. The van der Waals surface area contributed by atoms with Gasteiger partial charge in [-0.15, -0.1) is 0 Å². The molecule has 0 saturated heterocycles. The molecule has 3 heteroatoms. The minimum atomic E-state index is -0.799. The summed E-state index contributed by atoms with van der Waals surface area (Å²) < 4.78 is 0. The Morgan fingerprint density at radius 1 is 0.778 bits per heavy atom. The van der Waals surface area contributed by atoms with Crippen molar-refractivity contribution >= 4 is 0 Å². The molecule has 0 bridgehead atoms. The Hall–Kier alpha value is -1.84. The molecule has 0 fully saturated rings. The third kappa shape index (κ3) is 3.09. The zero-order chi connectivity index (χ0) is 13.0. The van der Waals surface area contributed by atoms with Gasteiger partial charge in [-0.25, -0.2) is 0 Å². The van der Waals surface area contributed by atoms with Crippen molar-refractivity contribution < 1.29 is 15.3 Å². The first kappa shape index (κ1) is 12.6. The molecule has 0 radical (unpaired) electrons. The number of hydrogen-bond acceptors (Lipinski definition) is 3. The highest BCUT2D eigenvalue weighted by Crippen LogP contribution is 2.27. The van der Waals surface area contributed by atoms with Crippen LogP contribution in [0.3, 0.4) is 0 Å². The number of phenols is 1. The largest absolute Gasteiger partial charge is 0.508 e. The summed E-state index contributed by atoms with van der Waals surface area (Å²) in [5.41, 5.74) is 1.38. The second-order valence-electron chi connectivity index (χ2n) is 4.27. The number of phenolic OH excluding ortho intramolecular Hbond substituents is 1. The quantitative estimate of drug-likeness (QED) is 0.774. The predicted octanol–water partition coefficient (Wildman–Crippen LogP) is 2.55. The van der Waals surface area contributed by atoms with Crippen LogP contribution in [0.1, 0.15) is 29.8 Å². The molecule has 0 aliphatic rings. The van der Waals surface area contributed by atoms with Crippen LogP contribution in [0.25, 0.3) is 0 Å². The summed E-state index contributed by atoms with van der Waals surface area (Å²) in [5.74, 6) is 0.112. The Bertz CT molecular complexity index is 496. The minimum absolute atomic E-state index is 0.112. The van der Waals surface area contributed by atoms with Gasteiger partial charge in [0.05, 0.1) is 12.2 Å². The van der Waals surface area contributed by atoms with Gasteiger partial charge < -0.3 is 15.3 Å². The van der Waals surface area contributed by atoms with E-state index in [0.717, 1.165) is 5.56 Å². The van der Waals surface area contributed by atoms with Gasteiger partial charge in [0.1, 0.15) is 5.75 Å². The number of aliphatic hydroxyl groups excluding tert-OH is 2. The molecule has 0 aliphatic heterocycles. The van der Waals surface area contributed by atoms with Crippen LogP contribution >= 0.6 is 0 Å². The van der Waals surface area contributed by atoms with E-state index in [-0.39, 0.29) is 12.2 Å². The lowest BCUT2D eigenvalue weighted by atomic mass is 9.99. The first-order valence-corrected chi connectivity index (χ1v) is 5.87. The lowest BCUT2D eigenvalue weighted by Crippen LogP contribution is -2.05. The molecular weight excluding hydrogens is 228 g/mol. The summed E-state index contributed by atoms with van der Waals surface area (Å²) in [7, 11) is 0. The lowest BCUT2D eigenvalue weighted by molar-refractivity contribution is 0.0803. The molecule has 2 atom stereocenters. The SMILES string of the molecule is Oc1cccc(C(O)CC(O)c2ccccc2)c1. The zero-order valence-electron chi connectivity index (χ0n) is 9.90. The summed E-state index contributed by atoms with van der Waals surface area (Å²) in [6.45, 7) is 0. The first-order valence-electron chi connectivity index (χ1n) is 5.87. The van der Waals surface area contributed by atoms with E-state index in [0.29, 0.717) is 5.56 Å². The van der Waals surface area contributed by atoms with Gasteiger partial charge in [0.15, 0.2) is 0 Å². The monoisotopic (exact) mass is 244 g/mol. The number of benzene rings is 2. The summed E-state index contributed by atoms with van der Waals surface area (Å²) >= 11 is 0. The van der Waals surface area contributed by atoms with Gasteiger partial charge in [0.2, 0.25) is 0 Å². The summed E-state index contributed by atoms with van der Waals surface area (Å²) in [4.78, 5) is 0. The van der Waals surface area contributed by atoms with Gasteiger partial charge in [0, 0.05) is 6.42 Å². The molecule has 2 aromatic carbocycles. The molecule has 0 saturated carbocycles. The van der Waals surface area contributed by atoms with Crippen LogP contribution in [0.15, 0.2) is 54.6 Å². The third-order valence-electron chi connectivity index (χ3n) is 2.89. The van der Waals surface area contributed by atoms with Crippen molar-refractivity contribution in [1.29, 1.82) is 0 Å². The molecule has 0 aliphatic carbocycles. The second-order valence-corrected chi connectivity index (χ2v) is 4.27. The fourth-order valence-corrected chi connectivity index (χ4v) is 1.89. The highest BCUT2D eigenvalue weighted by atomic mass is 16.3. The molecule has 0 heterocycles. The van der Waals surface area contributed by atoms with Crippen LogP contribution < -0.4 is 0 Å². The van der Waals surface area contributed by atoms with E-state index in [1.807, 2.05) is 30.3 Å². The summed E-state index contributed by atoms with van der Waals surface area (Å²) in [6, 6.07) is 15.7. The molecule has 0 spiro atoms. The molecule has 0 amide bonds. The van der Waals surface area contributed by atoms with E-state index in [1.165, 1.54) is 6.07 Å².